The molecule has 1 unspecified atom stereocenters. The lowest BCUT2D eigenvalue weighted by atomic mass is 10.1. The molecule has 2 aromatic carbocycles. The van der Waals surface area contributed by atoms with Gasteiger partial charge in [-0.1, -0.05) is 24.3 Å². The molecule has 4 nitrogen and oxygen atoms in total. The van der Waals surface area contributed by atoms with Crippen LogP contribution in [0.3, 0.4) is 0 Å². The minimum absolute atomic E-state index is 0.169. The third kappa shape index (κ3) is 3.59. The number of halogens is 1. The Morgan fingerprint density at radius 1 is 1.05 bits per heavy atom. The molecule has 2 rings (SSSR count). The van der Waals surface area contributed by atoms with Crippen molar-refractivity contribution in [2.75, 3.05) is 11.8 Å². The van der Waals surface area contributed by atoms with Crippen LogP contribution >= 0.6 is 0 Å². The van der Waals surface area contributed by atoms with Crippen molar-refractivity contribution >= 4 is 15.7 Å². The SMILES string of the molecule is CNC(C)c1ccc(NS(=O)(=O)c2ccccc2F)cc1. The van der Waals surface area contributed by atoms with Gasteiger partial charge in [-0.3, -0.25) is 4.72 Å². The third-order valence-electron chi connectivity index (χ3n) is 3.22. The Kier molecular flexibility index (Phi) is 4.59. The molecule has 112 valence electrons. The highest BCUT2D eigenvalue weighted by Gasteiger charge is 2.18. The second-order valence-electron chi connectivity index (χ2n) is 4.67. The molecule has 0 aromatic heterocycles. The Balaban J connectivity index is 2.23. The maximum absolute atomic E-state index is 13.6. The minimum atomic E-state index is -3.92. The molecule has 0 aliphatic rings. The Morgan fingerprint density at radius 2 is 1.67 bits per heavy atom. The van der Waals surface area contributed by atoms with Crippen molar-refractivity contribution in [3.63, 3.8) is 0 Å². The number of rotatable bonds is 5. The molecule has 0 heterocycles. The van der Waals surface area contributed by atoms with Crippen molar-refractivity contribution in [2.24, 2.45) is 0 Å². The third-order valence-corrected chi connectivity index (χ3v) is 4.64. The highest BCUT2D eigenvalue weighted by atomic mass is 32.2. The monoisotopic (exact) mass is 308 g/mol. The Labute approximate surface area is 124 Å². The molecule has 0 spiro atoms. The summed E-state index contributed by atoms with van der Waals surface area (Å²) >= 11 is 0. The largest absolute Gasteiger partial charge is 0.313 e. The van der Waals surface area contributed by atoms with Gasteiger partial charge in [0.05, 0.1) is 0 Å². The summed E-state index contributed by atoms with van der Waals surface area (Å²) in [4.78, 5) is -0.363. The second-order valence-corrected chi connectivity index (χ2v) is 6.32. The van der Waals surface area contributed by atoms with E-state index in [0.717, 1.165) is 11.6 Å². The van der Waals surface area contributed by atoms with Gasteiger partial charge in [0.2, 0.25) is 0 Å². The van der Waals surface area contributed by atoms with Gasteiger partial charge in [-0.15, -0.1) is 0 Å². The fourth-order valence-corrected chi connectivity index (χ4v) is 3.02. The van der Waals surface area contributed by atoms with Crippen LogP contribution in [0.5, 0.6) is 0 Å². The maximum atomic E-state index is 13.6. The standard InChI is InChI=1S/C15H17FN2O2S/c1-11(17-2)12-7-9-13(10-8-12)18-21(19,20)15-6-4-3-5-14(15)16/h3-11,17-18H,1-2H3. The van der Waals surface area contributed by atoms with Crippen LogP contribution in [0.1, 0.15) is 18.5 Å². The molecule has 2 N–H and O–H groups in total. The van der Waals surface area contributed by atoms with Crippen LogP contribution in [0.15, 0.2) is 53.4 Å². The van der Waals surface area contributed by atoms with Crippen LogP contribution in [0.25, 0.3) is 0 Å². The first-order valence-electron chi connectivity index (χ1n) is 6.48. The van der Waals surface area contributed by atoms with Gasteiger partial charge in [0.1, 0.15) is 10.7 Å². The fraction of sp³-hybridized carbons (Fsp3) is 0.200. The van der Waals surface area contributed by atoms with Crippen molar-refractivity contribution in [3.8, 4) is 0 Å². The van der Waals surface area contributed by atoms with E-state index in [-0.39, 0.29) is 10.9 Å². The predicted octanol–water partition coefficient (Wildman–Crippen LogP) is 2.91. The molecule has 0 aliphatic heterocycles. The van der Waals surface area contributed by atoms with E-state index in [0.29, 0.717) is 5.69 Å². The lowest BCUT2D eigenvalue weighted by Gasteiger charge is -2.12. The van der Waals surface area contributed by atoms with Gasteiger partial charge in [-0.25, -0.2) is 12.8 Å². The molecule has 0 fully saturated rings. The summed E-state index contributed by atoms with van der Waals surface area (Å²) in [6.07, 6.45) is 0. The molecule has 21 heavy (non-hydrogen) atoms. The van der Waals surface area contributed by atoms with E-state index in [1.54, 1.807) is 12.1 Å². The highest BCUT2D eigenvalue weighted by Crippen LogP contribution is 2.20. The molecular formula is C15H17FN2O2S. The zero-order valence-electron chi connectivity index (χ0n) is 11.8. The van der Waals surface area contributed by atoms with E-state index in [1.807, 2.05) is 26.1 Å². The summed E-state index contributed by atoms with van der Waals surface area (Å²) in [7, 11) is -2.08. The summed E-state index contributed by atoms with van der Waals surface area (Å²) in [5.41, 5.74) is 1.43. The van der Waals surface area contributed by atoms with Gasteiger partial charge < -0.3 is 5.32 Å². The molecule has 0 aliphatic carbocycles. The van der Waals surface area contributed by atoms with Crippen molar-refractivity contribution in [1.29, 1.82) is 0 Å². The summed E-state index contributed by atoms with van der Waals surface area (Å²) in [5, 5.41) is 3.09. The molecule has 0 saturated heterocycles. The molecule has 2 aromatic rings. The number of anilines is 1. The number of hydrogen-bond acceptors (Lipinski definition) is 3. The van der Waals surface area contributed by atoms with Crippen LogP contribution in [0.2, 0.25) is 0 Å². The summed E-state index contributed by atoms with van der Waals surface area (Å²) in [6.45, 7) is 2.00. The van der Waals surface area contributed by atoms with Gasteiger partial charge in [0.25, 0.3) is 10.0 Å². The number of nitrogens with one attached hydrogen (secondary N) is 2. The maximum Gasteiger partial charge on any atom is 0.264 e. The number of sulfonamides is 1. The quantitative estimate of drug-likeness (QED) is 0.893. The van der Waals surface area contributed by atoms with Crippen molar-refractivity contribution in [1.82, 2.24) is 5.32 Å². The van der Waals surface area contributed by atoms with E-state index in [2.05, 4.69) is 10.0 Å². The molecular weight excluding hydrogens is 291 g/mol. The van der Waals surface area contributed by atoms with Gasteiger partial charge >= 0.3 is 0 Å². The zero-order valence-corrected chi connectivity index (χ0v) is 12.6. The summed E-state index contributed by atoms with van der Waals surface area (Å²) in [5.74, 6) is -0.773. The molecule has 0 amide bonds. The van der Waals surface area contributed by atoms with Crippen LogP contribution in [0, 0.1) is 5.82 Å². The molecule has 6 heteroatoms. The summed E-state index contributed by atoms with van der Waals surface area (Å²) < 4.78 is 40.2. The van der Waals surface area contributed by atoms with E-state index in [1.165, 1.54) is 18.2 Å². The minimum Gasteiger partial charge on any atom is -0.313 e. The molecule has 1 atom stereocenters. The van der Waals surface area contributed by atoms with Gasteiger partial charge in [0, 0.05) is 11.7 Å². The first-order valence-corrected chi connectivity index (χ1v) is 7.97. The average molecular weight is 308 g/mol. The van der Waals surface area contributed by atoms with Crippen molar-refractivity contribution in [2.45, 2.75) is 17.9 Å². The smallest absolute Gasteiger partial charge is 0.264 e. The molecule has 0 saturated carbocycles. The van der Waals surface area contributed by atoms with Crippen molar-refractivity contribution in [3.05, 3.63) is 59.9 Å². The Bertz CT molecular complexity index is 715. The normalized spacial score (nSPS) is 12.9. The molecule has 0 bridgehead atoms. The first kappa shape index (κ1) is 15.5. The zero-order chi connectivity index (χ0) is 15.5. The molecule has 0 radical (unpaired) electrons. The highest BCUT2D eigenvalue weighted by molar-refractivity contribution is 7.92. The Morgan fingerprint density at radius 3 is 2.24 bits per heavy atom. The lowest BCUT2D eigenvalue weighted by molar-refractivity contribution is 0.570. The van der Waals surface area contributed by atoms with Gasteiger partial charge in [0.15, 0.2) is 0 Å². The number of hydrogen-bond donors (Lipinski definition) is 2. The lowest BCUT2D eigenvalue weighted by Crippen LogP contribution is -2.15. The summed E-state index contributed by atoms with van der Waals surface area (Å²) in [6, 6.07) is 12.4. The van der Waals surface area contributed by atoms with E-state index >= 15 is 0 Å². The van der Waals surface area contributed by atoms with Crippen LogP contribution in [-0.2, 0) is 10.0 Å². The van der Waals surface area contributed by atoms with Gasteiger partial charge in [-0.2, -0.15) is 0 Å². The van der Waals surface area contributed by atoms with E-state index < -0.39 is 15.8 Å². The topological polar surface area (TPSA) is 58.2 Å². The fourth-order valence-electron chi connectivity index (χ4n) is 1.88. The predicted molar refractivity (Wildman–Crippen MR) is 81.1 cm³/mol. The van der Waals surface area contributed by atoms with E-state index in [4.69, 9.17) is 0 Å². The Hall–Kier alpha value is -1.92. The van der Waals surface area contributed by atoms with E-state index in [9.17, 15) is 12.8 Å². The van der Waals surface area contributed by atoms with Crippen LogP contribution in [0.4, 0.5) is 10.1 Å². The first-order chi connectivity index (χ1) is 9.94. The van der Waals surface area contributed by atoms with Gasteiger partial charge in [-0.05, 0) is 43.8 Å². The van der Waals surface area contributed by atoms with Crippen molar-refractivity contribution < 1.29 is 12.8 Å². The second kappa shape index (κ2) is 6.24. The van der Waals surface area contributed by atoms with Crippen LogP contribution < -0.4 is 10.0 Å². The number of benzene rings is 2. The van der Waals surface area contributed by atoms with Crippen LogP contribution in [-0.4, -0.2) is 15.5 Å². The average Bonchev–Trinajstić information content (AvgIpc) is 2.47.